The third kappa shape index (κ3) is 6.68. The molecule has 0 aliphatic carbocycles. The summed E-state index contributed by atoms with van der Waals surface area (Å²) in [7, 11) is 0. The van der Waals surface area contributed by atoms with E-state index in [0.29, 0.717) is 18.4 Å². The molecule has 0 aromatic heterocycles. The van der Waals surface area contributed by atoms with E-state index in [0.717, 1.165) is 32.4 Å². The topological polar surface area (TPSA) is 38.3 Å². The minimum absolute atomic E-state index is 0.0646. The van der Waals surface area contributed by atoms with E-state index in [4.69, 9.17) is 4.74 Å². The van der Waals surface area contributed by atoms with Crippen molar-refractivity contribution in [2.45, 2.75) is 78.6 Å². The van der Waals surface area contributed by atoms with Gasteiger partial charge in [-0.1, -0.05) is 52.4 Å². The van der Waals surface area contributed by atoms with Gasteiger partial charge in [0.05, 0.1) is 12.5 Å². The Bertz CT molecular complexity index is 287. The SMILES string of the molecule is CCCCCCCC(CC)C(C(=O)OCC)C1CCNCC1. The quantitative estimate of drug-likeness (QED) is 0.449. The molecule has 1 aliphatic rings. The third-order valence-corrected chi connectivity index (χ3v) is 5.16. The molecule has 1 rings (SSSR count). The van der Waals surface area contributed by atoms with Gasteiger partial charge < -0.3 is 10.1 Å². The molecule has 1 N–H and O–H groups in total. The zero-order valence-electron chi connectivity index (χ0n) is 15.0. The van der Waals surface area contributed by atoms with Gasteiger partial charge in [-0.05, 0) is 51.1 Å². The number of carbonyl (C=O) groups excluding carboxylic acids is 1. The lowest BCUT2D eigenvalue weighted by Crippen LogP contribution is -2.39. The number of ether oxygens (including phenoxy) is 1. The smallest absolute Gasteiger partial charge is 0.309 e. The maximum atomic E-state index is 12.5. The van der Waals surface area contributed by atoms with Crippen LogP contribution in [0.2, 0.25) is 0 Å². The monoisotopic (exact) mass is 311 g/mol. The van der Waals surface area contributed by atoms with Crippen LogP contribution in [0.5, 0.6) is 0 Å². The van der Waals surface area contributed by atoms with E-state index < -0.39 is 0 Å². The Kier molecular flexibility index (Phi) is 10.6. The van der Waals surface area contributed by atoms with Crippen molar-refractivity contribution in [2.75, 3.05) is 19.7 Å². The molecule has 1 heterocycles. The van der Waals surface area contributed by atoms with Crippen LogP contribution >= 0.6 is 0 Å². The highest BCUT2D eigenvalue weighted by Gasteiger charge is 2.35. The van der Waals surface area contributed by atoms with E-state index >= 15 is 0 Å². The van der Waals surface area contributed by atoms with Crippen molar-refractivity contribution in [3.8, 4) is 0 Å². The van der Waals surface area contributed by atoms with Crippen LogP contribution in [0.25, 0.3) is 0 Å². The van der Waals surface area contributed by atoms with Crippen molar-refractivity contribution < 1.29 is 9.53 Å². The Hall–Kier alpha value is -0.570. The van der Waals surface area contributed by atoms with Gasteiger partial charge in [0.15, 0.2) is 0 Å². The number of esters is 1. The first kappa shape index (κ1) is 19.5. The Balaban J connectivity index is 2.58. The van der Waals surface area contributed by atoms with Crippen LogP contribution in [-0.2, 0) is 9.53 Å². The zero-order chi connectivity index (χ0) is 16.2. The van der Waals surface area contributed by atoms with Gasteiger partial charge >= 0.3 is 5.97 Å². The molecule has 3 heteroatoms. The van der Waals surface area contributed by atoms with Crippen molar-refractivity contribution >= 4 is 5.97 Å². The molecule has 0 spiro atoms. The summed E-state index contributed by atoms with van der Waals surface area (Å²) < 4.78 is 5.43. The molecule has 0 radical (unpaired) electrons. The van der Waals surface area contributed by atoms with Crippen molar-refractivity contribution in [3.63, 3.8) is 0 Å². The fraction of sp³-hybridized carbons (Fsp3) is 0.947. The third-order valence-electron chi connectivity index (χ3n) is 5.16. The number of rotatable bonds is 11. The molecular formula is C19H37NO2. The second-order valence-corrected chi connectivity index (χ2v) is 6.74. The number of hydrogen-bond acceptors (Lipinski definition) is 3. The highest BCUT2D eigenvalue weighted by atomic mass is 16.5. The summed E-state index contributed by atoms with van der Waals surface area (Å²) in [4.78, 5) is 12.5. The Morgan fingerprint density at radius 3 is 2.36 bits per heavy atom. The van der Waals surface area contributed by atoms with Crippen LogP contribution in [-0.4, -0.2) is 25.7 Å². The van der Waals surface area contributed by atoms with E-state index in [9.17, 15) is 4.79 Å². The molecule has 0 amide bonds. The number of carbonyl (C=O) groups is 1. The predicted molar refractivity (Wildman–Crippen MR) is 92.9 cm³/mol. The van der Waals surface area contributed by atoms with Crippen LogP contribution in [0.15, 0.2) is 0 Å². The van der Waals surface area contributed by atoms with E-state index in [1.165, 1.54) is 38.5 Å². The van der Waals surface area contributed by atoms with Crippen molar-refractivity contribution in [3.05, 3.63) is 0 Å². The van der Waals surface area contributed by atoms with E-state index in [1.807, 2.05) is 6.92 Å². The first-order valence-electron chi connectivity index (χ1n) is 9.61. The zero-order valence-corrected chi connectivity index (χ0v) is 15.0. The van der Waals surface area contributed by atoms with Gasteiger partial charge in [-0.2, -0.15) is 0 Å². The van der Waals surface area contributed by atoms with Gasteiger partial charge in [-0.25, -0.2) is 0 Å². The van der Waals surface area contributed by atoms with Crippen molar-refractivity contribution in [1.29, 1.82) is 0 Å². The van der Waals surface area contributed by atoms with E-state index in [1.54, 1.807) is 0 Å². The largest absolute Gasteiger partial charge is 0.466 e. The van der Waals surface area contributed by atoms with Crippen LogP contribution in [0.3, 0.4) is 0 Å². The van der Waals surface area contributed by atoms with Gasteiger partial charge in [-0.15, -0.1) is 0 Å². The van der Waals surface area contributed by atoms with Crippen LogP contribution in [0.4, 0.5) is 0 Å². The van der Waals surface area contributed by atoms with Crippen LogP contribution in [0.1, 0.15) is 78.6 Å². The molecule has 3 nitrogen and oxygen atoms in total. The van der Waals surface area contributed by atoms with Crippen LogP contribution in [0, 0.1) is 17.8 Å². The molecule has 1 fully saturated rings. The standard InChI is InChI=1S/C19H37NO2/c1-4-7-8-9-10-11-16(5-2)18(19(21)22-6-3)17-12-14-20-15-13-17/h16-18,20H,4-15H2,1-3H3. The van der Waals surface area contributed by atoms with Crippen molar-refractivity contribution in [2.24, 2.45) is 17.8 Å². The first-order valence-corrected chi connectivity index (χ1v) is 9.61. The summed E-state index contributed by atoms with van der Waals surface area (Å²) in [5.74, 6) is 1.21. The molecule has 22 heavy (non-hydrogen) atoms. The van der Waals surface area contributed by atoms with Gasteiger partial charge in [0, 0.05) is 0 Å². The summed E-state index contributed by atoms with van der Waals surface area (Å²) in [5, 5.41) is 3.41. The number of piperidine rings is 1. The minimum atomic E-state index is 0.0646. The summed E-state index contributed by atoms with van der Waals surface area (Å²) in [5.41, 5.74) is 0. The summed E-state index contributed by atoms with van der Waals surface area (Å²) in [6, 6.07) is 0. The summed E-state index contributed by atoms with van der Waals surface area (Å²) >= 11 is 0. The van der Waals surface area contributed by atoms with Crippen LogP contribution < -0.4 is 5.32 Å². The fourth-order valence-electron chi connectivity index (χ4n) is 3.86. The fourth-order valence-corrected chi connectivity index (χ4v) is 3.86. The molecule has 2 unspecified atom stereocenters. The number of nitrogens with one attached hydrogen (secondary N) is 1. The molecule has 0 aromatic rings. The van der Waals surface area contributed by atoms with Gasteiger partial charge in [0.25, 0.3) is 0 Å². The lowest BCUT2D eigenvalue weighted by atomic mass is 9.74. The van der Waals surface area contributed by atoms with E-state index in [-0.39, 0.29) is 11.9 Å². The Morgan fingerprint density at radius 1 is 1.09 bits per heavy atom. The summed E-state index contributed by atoms with van der Waals surface area (Å²) in [6.45, 7) is 9.02. The first-order chi connectivity index (χ1) is 10.7. The molecule has 130 valence electrons. The second kappa shape index (κ2) is 11.9. The summed E-state index contributed by atoms with van der Waals surface area (Å²) in [6.07, 6.45) is 11.1. The lowest BCUT2D eigenvalue weighted by Gasteiger charge is -2.34. The minimum Gasteiger partial charge on any atom is -0.466 e. The highest BCUT2D eigenvalue weighted by molar-refractivity contribution is 5.73. The van der Waals surface area contributed by atoms with Gasteiger partial charge in [-0.3, -0.25) is 4.79 Å². The Morgan fingerprint density at radius 2 is 1.77 bits per heavy atom. The van der Waals surface area contributed by atoms with Crippen molar-refractivity contribution in [1.82, 2.24) is 5.32 Å². The number of unbranched alkanes of at least 4 members (excludes halogenated alkanes) is 4. The van der Waals surface area contributed by atoms with Gasteiger partial charge in [0.2, 0.25) is 0 Å². The Labute approximate surface area is 137 Å². The molecule has 2 atom stereocenters. The maximum absolute atomic E-state index is 12.5. The lowest BCUT2D eigenvalue weighted by molar-refractivity contribution is -0.153. The maximum Gasteiger partial charge on any atom is 0.309 e. The second-order valence-electron chi connectivity index (χ2n) is 6.74. The highest BCUT2D eigenvalue weighted by Crippen LogP contribution is 2.34. The molecule has 0 bridgehead atoms. The van der Waals surface area contributed by atoms with E-state index in [2.05, 4.69) is 19.2 Å². The molecule has 0 saturated carbocycles. The normalized spacial score (nSPS) is 18.9. The molecular weight excluding hydrogens is 274 g/mol. The average molecular weight is 312 g/mol. The molecule has 1 saturated heterocycles. The molecule has 0 aromatic carbocycles. The van der Waals surface area contributed by atoms with Gasteiger partial charge in [0.1, 0.15) is 0 Å². The molecule has 1 aliphatic heterocycles. The average Bonchev–Trinajstić information content (AvgIpc) is 2.54. The number of hydrogen-bond donors (Lipinski definition) is 1. The predicted octanol–water partition coefficient (Wildman–Crippen LogP) is 4.55.